The summed E-state index contributed by atoms with van der Waals surface area (Å²) < 4.78 is 6.14. The molecular formula is C18H22O. The lowest BCUT2D eigenvalue weighted by molar-refractivity contribution is 0.473. The molecule has 0 N–H and O–H groups in total. The van der Waals surface area contributed by atoms with Gasteiger partial charge in [0.2, 0.25) is 0 Å². The van der Waals surface area contributed by atoms with Gasteiger partial charge in [-0.15, -0.1) is 0 Å². The molecule has 0 heterocycles. The van der Waals surface area contributed by atoms with E-state index in [0.29, 0.717) is 0 Å². The van der Waals surface area contributed by atoms with Crippen molar-refractivity contribution in [2.24, 2.45) is 0 Å². The molecule has 2 rings (SSSR count). The molecule has 0 saturated heterocycles. The van der Waals surface area contributed by atoms with E-state index in [0.717, 1.165) is 11.5 Å². The van der Waals surface area contributed by atoms with E-state index in [4.69, 9.17) is 4.74 Å². The molecule has 1 nitrogen and oxygen atoms in total. The second-order valence-electron chi connectivity index (χ2n) is 5.44. The van der Waals surface area contributed by atoms with Gasteiger partial charge in [-0.05, 0) is 87.1 Å². The number of aryl methyl sites for hydroxylation is 3. The molecule has 100 valence electrons. The zero-order chi connectivity index (χ0) is 14.2. The Morgan fingerprint density at radius 1 is 0.632 bits per heavy atom. The molecule has 0 unspecified atom stereocenters. The highest BCUT2D eigenvalue weighted by atomic mass is 16.5. The van der Waals surface area contributed by atoms with Gasteiger partial charge in [0.15, 0.2) is 0 Å². The number of hydrogen-bond acceptors (Lipinski definition) is 1. The highest BCUT2D eigenvalue weighted by Gasteiger charge is 2.10. The van der Waals surface area contributed by atoms with Gasteiger partial charge < -0.3 is 4.74 Å². The zero-order valence-electron chi connectivity index (χ0n) is 12.7. The molecular weight excluding hydrogens is 232 g/mol. The van der Waals surface area contributed by atoms with E-state index in [1.54, 1.807) is 0 Å². The van der Waals surface area contributed by atoms with Crippen LogP contribution in [0.4, 0.5) is 0 Å². The Kier molecular flexibility index (Phi) is 3.66. The summed E-state index contributed by atoms with van der Waals surface area (Å²) in [6, 6.07) is 8.45. The van der Waals surface area contributed by atoms with Gasteiger partial charge in [0, 0.05) is 0 Å². The fourth-order valence-electron chi connectivity index (χ4n) is 2.22. The second kappa shape index (κ2) is 5.08. The number of ether oxygens (including phenoxy) is 1. The first-order valence-corrected chi connectivity index (χ1v) is 6.72. The summed E-state index contributed by atoms with van der Waals surface area (Å²) in [4.78, 5) is 0. The lowest BCUT2D eigenvalue weighted by Crippen LogP contribution is -1.96. The average molecular weight is 254 g/mol. The third-order valence-electron chi connectivity index (χ3n) is 4.00. The third kappa shape index (κ3) is 2.65. The summed E-state index contributed by atoms with van der Waals surface area (Å²) in [5, 5.41) is 0. The average Bonchev–Trinajstić information content (AvgIpc) is 2.37. The summed E-state index contributed by atoms with van der Waals surface area (Å²) in [5.41, 5.74) is 7.57. The van der Waals surface area contributed by atoms with E-state index >= 15 is 0 Å². The largest absolute Gasteiger partial charge is 0.457 e. The van der Waals surface area contributed by atoms with Crippen LogP contribution in [0.2, 0.25) is 0 Å². The maximum atomic E-state index is 6.14. The predicted octanol–water partition coefficient (Wildman–Crippen LogP) is 5.33. The molecule has 2 aromatic carbocycles. The summed E-state index contributed by atoms with van der Waals surface area (Å²) in [6.45, 7) is 12.8. The Labute approximate surface area is 116 Å². The van der Waals surface area contributed by atoms with E-state index in [1.165, 1.54) is 33.4 Å². The summed E-state index contributed by atoms with van der Waals surface area (Å²) >= 11 is 0. The van der Waals surface area contributed by atoms with Crippen LogP contribution in [0.3, 0.4) is 0 Å². The van der Waals surface area contributed by atoms with Crippen molar-refractivity contribution in [1.29, 1.82) is 0 Å². The topological polar surface area (TPSA) is 9.23 Å². The fraction of sp³-hybridized carbons (Fsp3) is 0.333. The molecule has 0 fully saturated rings. The number of rotatable bonds is 2. The highest BCUT2D eigenvalue weighted by Crippen LogP contribution is 2.32. The molecule has 0 saturated carbocycles. The van der Waals surface area contributed by atoms with Crippen LogP contribution in [0.25, 0.3) is 0 Å². The first-order valence-electron chi connectivity index (χ1n) is 6.72. The van der Waals surface area contributed by atoms with Crippen molar-refractivity contribution in [1.82, 2.24) is 0 Å². The standard InChI is InChI=1S/C18H22O/c1-11-7-8-12(2)17(9-11)19-18-10-13(3)14(4)15(5)16(18)6/h7-10H,1-6H3. The van der Waals surface area contributed by atoms with Crippen LogP contribution < -0.4 is 4.74 Å². The molecule has 0 aliphatic carbocycles. The van der Waals surface area contributed by atoms with Gasteiger partial charge in [0.1, 0.15) is 11.5 Å². The molecule has 2 aromatic rings. The smallest absolute Gasteiger partial charge is 0.130 e. The second-order valence-corrected chi connectivity index (χ2v) is 5.44. The SMILES string of the molecule is Cc1ccc(C)c(Oc2cc(C)c(C)c(C)c2C)c1. The Hall–Kier alpha value is -1.76. The number of benzene rings is 2. The van der Waals surface area contributed by atoms with Crippen molar-refractivity contribution in [3.63, 3.8) is 0 Å². The Bertz CT molecular complexity index is 624. The maximum absolute atomic E-state index is 6.14. The minimum absolute atomic E-state index is 0.950. The molecule has 0 amide bonds. The zero-order valence-corrected chi connectivity index (χ0v) is 12.7. The Balaban J connectivity index is 2.47. The van der Waals surface area contributed by atoms with E-state index in [2.05, 4.69) is 65.8 Å². The molecule has 0 atom stereocenters. The van der Waals surface area contributed by atoms with Crippen molar-refractivity contribution in [3.05, 3.63) is 57.6 Å². The quantitative estimate of drug-likeness (QED) is 0.704. The lowest BCUT2D eigenvalue weighted by atomic mass is 9.99. The van der Waals surface area contributed by atoms with Gasteiger partial charge in [-0.25, -0.2) is 0 Å². The van der Waals surface area contributed by atoms with Crippen molar-refractivity contribution in [2.45, 2.75) is 41.5 Å². The highest BCUT2D eigenvalue weighted by molar-refractivity contribution is 5.50. The van der Waals surface area contributed by atoms with Crippen molar-refractivity contribution >= 4 is 0 Å². The molecule has 0 bridgehead atoms. The molecule has 0 aromatic heterocycles. The van der Waals surface area contributed by atoms with Gasteiger partial charge in [-0.1, -0.05) is 12.1 Å². The van der Waals surface area contributed by atoms with Gasteiger partial charge in [-0.3, -0.25) is 0 Å². The molecule has 0 aliphatic heterocycles. The predicted molar refractivity (Wildman–Crippen MR) is 81.4 cm³/mol. The van der Waals surface area contributed by atoms with E-state index in [1.807, 2.05) is 0 Å². The van der Waals surface area contributed by atoms with Crippen LogP contribution in [-0.2, 0) is 0 Å². The molecule has 1 heteroatoms. The Morgan fingerprint density at radius 2 is 1.32 bits per heavy atom. The summed E-state index contributed by atoms with van der Waals surface area (Å²) in [6.07, 6.45) is 0. The van der Waals surface area contributed by atoms with Gasteiger partial charge in [-0.2, -0.15) is 0 Å². The van der Waals surface area contributed by atoms with Crippen LogP contribution in [0, 0.1) is 41.5 Å². The molecule has 0 radical (unpaired) electrons. The van der Waals surface area contributed by atoms with Gasteiger partial charge in [0.05, 0.1) is 0 Å². The van der Waals surface area contributed by atoms with E-state index in [-0.39, 0.29) is 0 Å². The Morgan fingerprint density at radius 3 is 2.00 bits per heavy atom. The van der Waals surface area contributed by atoms with E-state index in [9.17, 15) is 0 Å². The van der Waals surface area contributed by atoms with Crippen LogP contribution in [0.5, 0.6) is 11.5 Å². The van der Waals surface area contributed by atoms with Crippen molar-refractivity contribution < 1.29 is 4.74 Å². The van der Waals surface area contributed by atoms with Crippen LogP contribution in [-0.4, -0.2) is 0 Å². The van der Waals surface area contributed by atoms with Crippen molar-refractivity contribution in [2.75, 3.05) is 0 Å². The summed E-state index contributed by atoms with van der Waals surface area (Å²) in [5.74, 6) is 1.92. The van der Waals surface area contributed by atoms with E-state index < -0.39 is 0 Å². The molecule has 0 spiro atoms. The van der Waals surface area contributed by atoms with Gasteiger partial charge in [0.25, 0.3) is 0 Å². The minimum Gasteiger partial charge on any atom is -0.457 e. The van der Waals surface area contributed by atoms with Crippen molar-refractivity contribution in [3.8, 4) is 11.5 Å². The molecule has 0 aliphatic rings. The van der Waals surface area contributed by atoms with Crippen LogP contribution >= 0.6 is 0 Å². The number of hydrogen-bond donors (Lipinski definition) is 0. The van der Waals surface area contributed by atoms with Crippen LogP contribution in [0.15, 0.2) is 24.3 Å². The first-order chi connectivity index (χ1) is 8.90. The monoisotopic (exact) mass is 254 g/mol. The first kappa shape index (κ1) is 13.7. The normalized spacial score (nSPS) is 10.6. The van der Waals surface area contributed by atoms with Gasteiger partial charge >= 0.3 is 0 Å². The minimum atomic E-state index is 0.950. The van der Waals surface area contributed by atoms with Crippen LogP contribution in [0.1, 0.15) is 33.4 Å². The summed E-state index contributed by atoms with van der Waals surface area (Å²) in [7, 11) is 0. The lowest BCUT2D eigenvalue weighted by Gasteiger charge is -2.16. The molecule has 19 heavy (non-hydrogen) atoms. The fourth-order valence-corrected chi connectivity index (χ4v) is 2.22. The maximum Gasteiger partial charge on any atom is 0.130 e. The third-order valence-corrected chi connectivity index (χ3v) is 4.00.